The summed E-state index contributed by atoms with van der Waals surface area (Å²) in [6, 6.07) is 11.7. The molecule has 3 nitrogen and oxygen atoms in total. The maximum atomic E-state index is 12.1. The highest BCUT2D eigenvalue weighted by molar-refractivity contribution is 7.10. The zero-order valence-electron chi connectivity index (χ0n) is 12.3. The molecular formula is C18H19NO2S. The van der Waals surface area contributed by atoms with E-state index in [9.17, 15) is 9.90 Å². The molecule has 3 rings (SSSR count). The number of ketones is 1. The molecule has 1 aliphatic rings. The van der Waals surface area contributed by atoms with Gasteiger partial charge in [0.05, 0.1) is 6.10 Å². The van der Waals surface area contributed by atoms with Gasteiger partial charge in [-0.3, -0.25) is 4.79 Å². The Labute approximate surface area is 134 Å². The first-order valence-electron chi connectivity index (χ1n) is 7.51. The summed E-state index contributed by atoms with van der Waals surface area (Å²) in [4.78, 5) is 15.5. The number of nitrogens with zero attached hydrogens (tertiary/aromatic N) is 1. The number of carbonyl (C=O) groups excluding carboxylic acids is 1. The van der Waals surface area contributed by atoms with Gasteiger partial charge in [0.1, 0.15) is 0 Å². The second kappa shape index (κ2) is 6.90. The molecule has 1 aliphatic heterocycles. The number of aliphatic hydroxyl groups excluding tert-OH is 1. The monoisotopic (exact) mass is 313 g/mol. The number of thiophene rings is 1. The van der Waals surface area contributed by atoms with Gasteiger partial charge in [-0.05, 0) is 60.7 Å². The van der Waals surface area contributed by atoms with Crippen LogP contribution >= 0.6 is 11.3 Å². The van der Waals surface area contributed by atoms with Crippen LogP contribution in [0.25, 0.3) is 6.08 Å². The standard InChI is InChI=1S/C18H19NO2S/c20-16-9-11-19(12-10-16)15-5-3-14(4-6-15)18(21)8-7-17-2-1-13-22-17/h1-8,13,16,20H,9-12H2/b8-7+. The van der Waals surface area contributed by atoms with Crippen molar-refractivity contribution in [3.63, 3.8) is 0 Å². The van der Waals surface area contributed by atoms with Crippen LogP contribution in [0.5, 0.6) is 0 Å². The van der Waals surface area contributed by atoms with E-state index >= 15 is 0 Å². The second-order valence-electron chi connectivity index (χ2n) is 5.48. The molecule has 0 radical (unpaired) electrons. The van der Waals surface area contributed by atoms with Crippen molar-refractivity contribution in [3.8, 4) is 0 Å². The van der Waals surface area contributed by atoms with Crippen LogP contribution in [-0.2, 0) is 0 Å². The normalized spacial score (nSPS) is 16.3. The quantitative estimate of drug-likeness (QED) is 0.692. The highest BCUT2D eigenvalue weighted by atomic mass is 32.1. The molecule has 114 valence electrons. The predicted molar refractivity (Wildman–Crippen MR) is 91.6 cm³/mol. The van der Waals surface area contributed by atoms with Gasteiger partial charge in [0.25, 0.3) is 0 Å². The van der Waals surface area contributed by atoms with E-state index in [1.807, 2.05) is 47.9 Å². The molecule has 0 atom stereocenters. The Bertz CT molecular complexity index is 638. The summed E-state index contributed by atoms with van der Waals surface area (Å²) in [6.45, 7) is 1.74. The third-order valence-electron chi connectivity index (χ3n) is 3.92. The number of carbonyl (C=O) groups is 1. The molecule has 1 N–H and O–H groups in total. The Hall–Kier alpha value is -1.91. The number of benzene rings is 1. The smallest absolute Gasteiger partial charge is 0.185 e. The Morgan fingerprint density at radius 3 is 2.55 bits per heavy atom. The van der Waals surface area contributed by atoms with Crippen molar-refractivity contribution < 1.29 is 9.90 Å². The molecule has 22 heavy (non-hydrogen) atoms. The van der Waals surface area contributed by atoms with Crippen LogP contribution in [0.3, 0.4) is 0 Å². The van der Waals surface area contributed by atoms with Crippen molar-refractivity contribution in [3.05, 3.63) is 58.3 Å². The zero-order chi connectivity index (χ0) is 15.4. The first-order chi connectivity index (χ1) is 10.7. The predicted octanol–water partition coefficient (Wildman–Crippen LogP) is 3.61. The molecule has 4 heteroatoms. The lowest BCUT2D eigenvalue weighted by Gasteiger charge is -2.31. The SMILES string of the molecule is O=C(/C=C/c1cccs1)c1ccc(N2CCC(O)CC2)cc1. The van der Waals surface area contributed by atoms with Crippen molar-refractivity contribution in [2.24, 2.45) is 0 Å². The van der Waals surface area contributed by atoms with Crippen molar-refractivity contribution >= 4 is 28.9 Å². The molecule has 2 aromatic rings. The number of hydrogen-bond donors (Lipinski definition) is 1. The fraction of sp³-hybridized carbons (Fsp3) is 0.278. The number of allylic oxidation sites excluding steroid dienone is 1. The van der Waals surface area contributed by atoms with E-state index in [1.165, 1.54) is 0 Å². The van der Waals surface area contributed by atoms with Gasteiger partial charge in [-0.1, -0.05) is 6.07 Å². The van der Waals surface area contributed by atoms with Crippen LogP contribution in [0, 0.1) is 0 Å². The lowest BCUT2D eigenvalue weighted by Crippen LogP contribution is -2.35. The molecule has 1 saturated heterocycles. The highest BCUT2D eigenvalue weighted by Crippen LogP contribution is 2.21. The third-order valence-corrected chi connectivity index (χ3v) is 4.76. The van der Waals surface area contributed by atoms with Crippen molar-refractivity contribution in [1.82, 2.24) is 0 Å². The topological polar surface area (TPSA) is 40.5 Å². The molecule has 1 fully saturated rings. The number of hydrogen-bond acceptors (Lipinski definition) is 4. The van der Waals surface area contributed by atoms with Crippen molar-refractivity contribution in [2.75, 3.05) is 18.0 Å². The van der Waals surface area contributed by atoms with E-state index in [1.54, 1.807) is 17.4 Å². The number of aliphatic hydroxyl groups is 1. The molecule has 2 heterocycles. The van der Waals surface area contributed by atoms with Gasteiger partial charge in [0, 0.05) is 29.2 Å². The minimum Gasteiger partial charge on any atom is -0.393 e. The molecule has 0 aliphatic carbocycles. The second-order valence-corrected chi connectivity index (χ2v) is 6.46. The largest absolute Gasteiger partial charge is 0.393 e. The minimum absolute atomic E-state index is 0.0222. The molecule has 0 unspecified atom stereocenters. The number of piperidine rings is 1. The van der Waals surface area contributed by atoms with Crippen LogP contribution in [0.1, 0.15) is 28.1 Å². The highest BCUT2D eigenvalue weighted by Gasteiger charge is 2.17. The Morgan fingerprint density at radius 1 is 1.18 bits per heavy atom. The van der Waals surface area contributed by atoms with Crippen LogP contribution in [0.4, 0.5) is 5.69 Å². The summed E-state index contributed by atoms with van der Waals surface area (Å²) >= 11 is 1.62. The van der Waals surface area contributed by atoms with Crippen molar-refractivity contribution in [2.45, 2.75) is 18.9 Å². The molecule has 1 aromatic heterocycles. The van der Waals surface area contributed by atoms with Gasteiger partial charge in [0.15, 0.2) is 5.78 Å². The molecule has 0 bridgehead atoms. The van der Waals surface area contributed by atoms with Gasteiger partial charge in [-0.2, -0.15) is 0 Å². The zero-order valence-corrected chi connectivity index (χ0v) is 13.1. The van der Waals surface area contributed by atoms with Gasteiger partial charge in [-0.15, -0.1) is 11.3 Å². The van der Waals surface area contributed by atoms with Crippen LogP contribution in [-0.4, -0.2) is 30.1 Å². The molecule has 1 aromatic carbocycles. The van der Waals surface area contributed by atoms with E-state index in [-0.39, 0.29) is 11.9 Å². The summed E-state index contributed by atoms with van der Waals surface area (Å²) in [5.41, 5.74) is 1.82. The van der Waals surface area contributed by atoms with Gasteiger partial charge in [-0.25, -0.2) is 0 Å². The molecule has 0 saturated carbocycles. The third kappa shape index (κ3) is 3.64. The number of anilines is 1. The molecular weight excluding hydrogens is 294 g/mol. The first-order valence-corrected chi connectivity index (χ1v) is 8.39. The van der Waals surface area contributed by atoms with E-state index in [2.05, 4.69) is 4.90 Å². The van der Waals surface area contributed by atoms with E-state index in [0.29, 0.717) is 5.56 Å². The summed E-state index contributed by atoms with van der Waals surface area (Å²) < 4.78 is 0. The van der Waals surface area contributed by atoms with Gasteiger partial charge >= 0.3 is 0 Å². The van der Waals surface area contributed by atoms with E-state index < -0.39 is 0 Å². The lowest BCUT2D eigenvalue weighted by molar-refractivity contribution is 0.104. The molecule has 0 amide bonds. The lowest BCUT2D eigenvalue weighted by atomic mass is 10.1. The first kappa shape index (κ1) is 15.0. The Morgan fingerprint density at radius 2 is 1.91 bits per heavy atom. The van der Waals surface area contributed by atoms with Gasteiger partial charge < -0.3 is 10.0 Å². The van der Waals surface area contributed by atoms with Crippen LogP contribution < -0.4 is 4.90 Å². The average molecular weight is 313 g/mol. The Balaban J connectivity index is 1.65. The molecule has 0 spiro atoms. The minimum atomic E-state index is -0.167. The Kier molecular flexibility index (Phi) is 4.71. The summed E-state index contributed by atoms with van der Waals surface area (Å²) in [5.74, 6) is 0.0222. The van der Waals surface area contributed by atoms with Crippen LogP contribution in [0.2, 0.25) is 0 Å². The summed E-state index contributed by atoms with van der Waals surface area (Å²) in [5, 5.41) is 11.5. The van der Waals surface area contributed by atoms with Crippen molar-refractivity contribution in [1.29, 1.82) is 0 Å². The number of rotatable bonds is 4. The maximum absolute atomic E-state index is 12.1. The summed E-state index contributed by atoms with van der Waals surface area (Å²) in [7, 11) is 0. The van der Waals surface area contributed by atoms with Gasteiger partial charge in [0.2, 0.25) is 0 Å². The average Bonchev–Trinajstić information content (AvgIpc) is 3.07. The maximum Gasteiger partial charge on any atom is 0.185 e. The fourth-order valence-corrected chi connectivity index (χ4v) is 3.22. The summed E-state index contributed by atoms with van der Waals surface area (Å²) in [6.07, 6.45) is 4.93. The van der Waals surface area contributed by atoms with E-state index in [0.717, 1.165) is 36.5 Å². The van der Waals surface area contributed by atoms with Crippen LogP contribution in [0.15, 0.2) is 47.9 Å². The van der Waals surface area contributed by atoms with E-state index in [4.69, 9.17) is 0 Å². The fourth-order valence-electron chi connectivity index (χ4n) is 2.60.